The summed E-state index contributed by atoms with van der Waals surface area (Å²) in [6, 6.07) is 15.5. The molecule has 0 fully saturated rings. The van der Waals surface area contributed by atoms with Crippen LogP contribution >= 0.6 is 11.6 Å². The molecule has 120 valence electrons. The predicted octanol–water partition coefficient (Wildman–Crippen LogP) is 4.28. The maximum atomic E-state index is 13.0. The highest BCUT2D eigenvalue weighted by Gasteiger charge is 2.21. The highest BCUT2D eigenvalue weighted by atomic mass is 35.5. The van der Waals surface area contributed by atoms with Crippen molar-refractivity contribution in [2.45, 2.75) is 13.0 Å². The van der Waals surface area contributed by atoms with Crippen molar-refractivity contribution < 1.29 is 4.39 Å². The molecular weight excluding hydrogens is 323 g/mol. The number of hydrogen-bond donors (Lipinski definition) is 0. The number of rotatable bonds is 0. The molecule has 0 saturated carbocycles. The Bertz CT molecular complexity index is 977. The van der Waals surface area contributed by atoms with Crippen molar-refractivity contribution >= 4 is 22.5 Å². The Labute approximate surface area is 145 Å². The minimum Gasteiger partial charge on any atom is -0.300 e. The summed E-state index contributed by atoms with van der Waals surface area (Å²) < 4.78 is 15.1. The molecule has 0 bridgehead atoms. The predicted molar refractivity (Wildman–Crippen MR) is 95.7 cm³/mol. The monoisotopic (exact) mass is 338 g/mol. The van der Waals surface area contributed by atoms with Crippen LogP contribution < -0.4 is 0 Å². The number of fused-ring (bicyclic) bond motifs is 3. The Morgan fingerprint density at radius 3 is 2.71 bits per heavy atom. The molecule has 0 saturated heterocycles. The molecule has 0 N–H and O–H groups in total. The van der Waals surface area contributed by atoms with Gasteiger partial charge in [0.05, 0.1) is 5.52 Å². The van der Waals surface area contributed by atoms with Gasteiger partial charge in [0.1, 0.15) is 5.82 Å². The average Bonchev–Trinajstić information content (AvgIpc) is 2.86. The molecule has 3 aromatic rings. The molecule has 2 heterocycles. The number of likely N-dealkylation sites (N-methyl/N-ethyl adjacent to an activating group) is 1. The largest absolute Gasteiger partial charge is 0.300 e. The van der Waals surface area contributed by atoms with Crippen molar-refractivity contribution in [2.75, 3.05) is 13.6 Å². The fraction of sp³-hybridized carbons (Fsp3) is 0.200. The topological polar surface area (TPSA) is 8.17 Å². The summed E-state index contributed by atoms with van der Waals surface area (Å²) in [7, 11) is 2.12. The summed E-state index contributed by atoms with van der Waals surface area (Å²) in [6.07, 6.45) is 0.994. The van der Waals surface area contributed by atoms with E-state index in [1.54, 1.807) is 12.1 Å². The van der Waals surface area contributed by atoms with Crippen LogP contribution in [0.5, 0.6) is 0 Å². The van der Waals surface area contributed by atoms with E-state index in [-0.39, 0.29) is 5.82 Å². The standard InChI is InChI=1S/C20H16ClFN2/c1-23-10-9-17-18-12-15(21)4-7-19(18)24(20(17)13-23)11-8-14-2-5-16(22)6-3-14/h2-7,12H,9-10,13H2,1H3. The normalized spacial score (nSPS) is 14.3. The molecule has 0 amide bonds. The molecule has 1 aliphatic rings. The lowest BCUT2D eigenvalue weighted by molar-refractivity contribution is 0.308. The van der Waals surface area contributed by atoms with Gasteiger partial charge in [-0.25, -0.2) is 4.39 Å². The third-order valence-corrected chi connectivity index (χ3v) is 4.70. The van der Waals surface area contributed by atoms with Crippen LogP contribution in [0.25, 0.3) is 10.9 Å². The van der Waals surface area contributed by atoms with Gasteiger partial charge in [0.15, 0.2) is 0 Å². The van der Waals surface area contributed by atoms with Crippen LogP contribution in [0, 0.1) is 17.8 Å². The van der Waals surface area contributed by atoms with E-state index in [1.165, 1.54) is 28.8 Å². The fourth-order valence-electron chi connectivity index (χ4n) is 3.24. The Kier molecular flexibility index (Phi) is 3.80. The lowest BCUT2D eigenvalue weighted by Crippen LogP contribution is -2.27. The molecule has 1 aromatic heterocycles. The minimum absolute atomic E-state index is 0.249. The molecule has 2 nitrogen and oxygen atoms in total. The third kappa shape index (κ3) is 2.69. The van der Waals surface area contributed by atoms with E-state index in [2.05, 4.69) is 28.5 Å². The Morgan fingerprint density at radius 2 is 1.92 bits per heavy atom. The summed E-state index contributed by atoms with van der Waals surface area (Å²) in [5.41, 5.74) is 4.43. The van der Waals surface area contributed by atoms with Crippen molar-refractivity contribution in [1.29, 1.82) is 0 Å². The van der Waals surface area contributed by atoms with Gasteiger partial charge in [-0.05, 0) is 67.4 Å². The second-order valence-corrected chi connectivity index (χ2v) is 6.59. The zero-order valence-electron chi connectivity index (χ0n) is 13.3. The summed E-state index contributed by atoms with van der Waals surface area (Å²) in [5.74, 6) is 2.89. The molecule has 0 spiro atoms. The van der Waals surface area contributed by atoms with Crippen molar-refractivity contribution in [2.24, 2.45) is 0 Å². The van der Waals surface area contributed by atoms with Gasteiger partial charge in [0.2, 0.25) is 0 Å². The molecule has 0 radical (unpaired) electrons. The molecule has 24 heavy (non-hydrogen) atoms. The van der Waals surface area contributed by atoms with E-state index in [0.717, 1.165) is 35.6 Å². The SMILES string of the molecule is CN1CCc2c(n(C#Cc3ccc(F)cc3)c3ccc(Cl)cc23)C1. The van der Waals surface area contributed by atoms with Gasteiger partial charge in [-0.1, -0.05) is 11.6 Å². The van der Waals surface area contributed by atoms with Crippen LogP contribution in [0.1, 0.15) is 16.8 Å². The average molecular weight is 339 g/mol. The van der Waals surface area contributed by atoms with Crippen LogP contribution in [-0.2, 0) is 13.0 Å². The van der Waals surface area contributed by atoms with Crippen molar-refractivity contribution in [1.82, 2.24) is 9.47 Å². The van der Waals surface area contributed by atoms with Crippen molar-refractivity contribution in [3.8, 4) is 12.0 Å². The highest BCUT2D eigenvalue weighted by molar-refractivity contribution is 6.31. The van der Waals surface area contributed by atoms with Crippen molar-refractivity contribution in [3.05, 3.63) is 70.1 Å². The van der Waals surface area contributed by atoms with Crippen molar-refractivity contribution in [3.63, 3.8) is 0 Å². The van der Waals surface area contributed by atoms with Gasteiger partial charge in [-0.15, -0.1) is 0 Å². The number of halogens is 2. The first-order chi connectivity index (χ1) is 11.6. The van der Waals surface area contributed by atoms with Crippen LogP contribution in [0.3, 0.4) is 0 Å². The second-order valence-electron chi connectivity index (χ2n) is 6.15. The van der Waals surface area contributed by atoms with E-state index < -0.39 is 0 Å². The molecule has 0 aliphatic carbocycles. The number of hydrogen-bond acceptors (Lipinski definition) is 1. The lowest BCUT2D eigenvalue weighted by atomic mass is 10.0. The lowest BCUT2D eigenvalue weighted by Gasteiger charge is -2.23. The Balaban J connectivity index is 1.88. The van der Waals surface area contributed by atoms with Crippen LogP contribution in [0.15, 0.2) is 42.5 Å². The maximum Gasteiger partial charge on any atom is 0.123 e. The molecule has 2 aromatic carbocycles. The van der Waals surface area contributed by atoms with E-state index >= 15 is 0 Å². The maximum absolute atomic E-state index is 13.0. The number of aromatic nitrogens is 1. The first-order valence-electron chi connectivity index (χ1n) is 7.89. The van der Waals surface area contributed by atoms with Crippen LogP contribution in [0.4, 0.5) is 4.39 Å². The van der Waals surface area contributed by atoms with Gasteiger partial charge in [0.25, 0.3) is 0 Å². The fourth-order valence-corrected chi connectivity index (χ4v) is 3.42. The molecule has 4 heteroatoms. The molecule has 0 unspecified atom stereocenters. The van der Waals surface area contributed by atoms with Crippen LogP contribution in [0.2, 0.25) is 5.02 Å². The minimum atomic E-state index is -0.249. The van der Waals surface area contributed by atoms with Gasteiger partial charge in [-0.3, -0.25) is 4.57 Å². The van der Waals surface area contributed by atoms with Gasteiger partial charge < -0.3 is 4.90 Å². The summed E-state index contributed by atoms with van der Waals surface area (Å²) in [6.45, 7) is 1.89. The summed E-state index contributed by atoms with van der Waals surface area (Å²) in [4.78, 5) is 2.29. The smallest absolute Gasteiger partial charge is 0.123 e. The molecule has 0 atom stereocenters. The molecule has 1 aliphatic heterocycles. The van der Waals surface area contributed by atoms with E-state index in [9.17, 15) is 4.39 Å². The van der Waals surface area contributed by atoms with Gasteiger partial charge in [0, 0.05) is 40.8 Å². The Hall–Kier alpha value is -2.28. The number of benzene rings is 2. The molecular formula is C20H16ClFN2. The summed E-state index contributed by atoms with van der Waals surface area (Å²) in [5, 5.41) is 1.92. The first-order valence-corrected chi connectivity index (χ1v) is 8.27. The van der Waals surface area contributed by atoms with Gasteiger partial charge >= 0.3 is 0 Å². The Morgan fingerprint density at radius 1 is 1.12 bits per heavy atom. The zero-order valence-corrected chi connectivity index (χ0v) is 14.1. The van der Waals surface area contributed by atoms with E-state index in [4.69, 9.17) is 11.6 Å². The quantitative estimate of drug-likeness (QED) is 0.555. The van der Waals surface area contributed by atoms with Gasteiger partial charge in [-0.2, -0.15) is 0 Å². The number of nitrogens with zero attached hydrogens (tertiary/aromatic N) is 2. The third-order valence-electron chi connectivity index (χ3n) is 4.46. The zero-order chi connectivity index (χ0) is 16.7. The first kappa shape index (κ1) is 15.3. The summed E-state index contributed by atoms with van der Waals surface area (Å²) >= 11 is 6.20. The van der Waals surface area contributed by atoms with E-state index in [0.29, 0.717) is 0 Å². The highest BCUT2D eigenvalue weighted by Crippen LogP contribution is 2.31. The second kappa shape index (κ2) is 5.98. The van der Waals surface area contributed by atoms with Crippen LogP contribution in [-0.4, -0.2) is 23.1 Å². The van der Waals surface area contributed by atoms with E-state index in [1.807, 2.05) is 18.2 Å². The molecule has 4 rings (SSSR count).